The van der Waals surface area contributed by atoms with Crippen LogP contribution >= 0.6 is 0 Å². The maximum absolute atomic E-state index is 13.5. The van der Waals surface area contributed by atoms with Gasteiger partial charge in [-0.25, -0.2) is 0 Å². The van der Waals surface area contributed by atoms with Crippen LogP contribution in [-0.4, -0.2) is 193 Å². The molecule has 3 fully saturated rings. The van der Waals surface area contributed by atoms with E-state index in [2.05, 4.69) is 31.3 Å². The minimum Gasteiger partial charge on any atom is -0.394 e. The Morgan fingerprint density at radius 3 is 0.980 bits per heavy atom. The maximum atomic E-state index is 13.5. The smallest absolute Gasteiger partial charge is 0.220 e. The first-order valence-corrected chi connectivity index (χ1v) is 42.6. The fraction of sp³-hybridized carbons (Fsp3) is 0.940. The number of amides is 1. The highest BCUT2D eigenvalue weighted by atomic mass is 16.8. The van der Waals surface area contributed by atoms with Crippen LogP contribution in [0.1, 0.15) is 367 Å². The molecule has 3 aliphatic heterocycles. The van der Waals surface area contributed by atoms with Crippen molar-refractivity contribution in [1.29, 1.82) is 0 Å². The van der Waals surface area contributed by atoms with Gasteiger partial charge in [0.15, 0.2) is 18.9 Å². The topological polar surface area (TPSA) is 307 Å². The third kappa shape index (κ3) is 43.5. The lowest BCUT2D eigenvalue weighted by Gasteiger charge is -2.48. The fourth-order valence-corrected chi connectivity index (χ4v) is 14.7. The molecule has 1 amide bonds. The molecule has 0 aromatic rings. The van der Waals surface area contributed by atoms with Crippen molar-refractivity contribution in [3.8, 4) is 0 Å². The lowest BCUT2D eigenvalue weighted by molar-refractivity contribution is -0.379. The molecule has 19 nitrogen and oxygen atoms in total. The van der Waals surface area contributed by atoms with Crippen molar-refractivity contribution in [2.24, 2.45) is 0 Å². The van der Waals surface area contributed by atoms with Crippen LogP contribution in [0.25, 0.3) is 0 Å². The van der Waals surface area contributed by atoms with Crippen LogP contribution < -0.4 is 5.32 Å². The Morgan fingerprint density at radius 1 is 0.343 bits per heavy atom. The number of rotatable bonds is 69. The number of aliphatic hydroxyl groups is 11. The van der Waals surface area contributed by atoms with Crippen molar-refractivity contribution in [1.82, 2.24) is 5.32 Å². The standard InChI is InChI=1S/C83H157NO18/c1-3-5-7-9-11-13-15-17-19-21-22-23-24-25-26-27-28-29-30-31-32-33-34-35-36-37-38-39-40-41-42-43-45-47-49-51-53-55-57-59-61-71(89)84-66(67(88)60-58-56-54-52-50-48-46-44-20-18-16-14-12-10-8-6-4-2)65-97-81-77(95)74(92)79(69(63-86)99-81)102-83-78(96)75(93)80(70(64-87)100-83)101-82-76(94)73(91)72(90)68(62-85)98-82/h50,52,58,60,66-70,72-83,85-88,90-96H,3-49,51,53-57,59,61-65H2,1-2H3,(H,84,89)/b52-50+,60-58+. The zero-order chi connectivity index (χ0) is 73.9. The summed E-state index contributed by atoms with van der Waals surface area (Å²) in [5.74, 6) is -0.278. The minimum absolute atomic E-state index is 0.241. The van der Waals surface area contributed by atoms with Crippen LogP contribution in [0.15, 0.2) is 24.3 Å². The molecule has 0 aromatic heterocycles. The molecule has 602 valence electrons. The predicted molar refractivity (Wildman–Crippen MR) is 406 cm³/mol. The molecular formula is C83H157NO18. The van der Waals surface area contributed by atoms with E-state index in [0.29, 0.717) is 12.8 Å². The highest BCUT2D eigenvalue weighted by molar-refractivity contribution is 5.76. The summed E-state index contributed by atoms with van der Waals surface area (Å²) in [4.78, 5) is 13.5. The maximum Gasteiger partial charge on any atom is 0.220 e. The van der Waals surface area contributed by atoms with Gasteiger partial charge in [-0.15, -0.1) is 0 Å². The Kier molecular flexibility index (Phi) is 59.4. The van der Waals surface area contributed by atoms with Crippen molar-refractivity contribution in [3.63, 3.8) is 0 Å². The van der Waals surface area contributed by atoms with Crippen molar-refractivity contribution in [2.45, 2.75) is 471 Å². The predicted octanol–water partition coefficient (Wildman–Crippen LogP) is 14.9. The molecule has 17 atom stereocenters. The molecule has 3 heterocycles. The van der Waals surface area contributed by atoms with Crippen molar-refractivity contribution in [2.75, 3.05) is 26.4 Å². The van der Waals surface area contributed by atoms with E-state index in [-0.39, 0.29) is 18.9 Å². The normalized spacial score (nSPS) is 26.2. The van der Waals surface area contributed by atoms with E-state index >= 15 is 0 Å². The highest BCUT2D eigenvalue weighted by Gasteiger charge is 2.54. The molecule has 3 saturated heterocycles. The number of hydrogen-bond acceptors (Lipinski definition) is 18. The molecule has 0 bridgehead atoms. The third-order valence-corrected chi connectivity index (χ3v) is 21.5. The molecule has 0 spiro atoms. The summed E-state index contributed by atoms with van der Waals surface area (Å²) in [6, 6.07) is -0.988. The van der Waals surface area contributed by atoms with Gasteiger partial charge in [-0.2, -0.15) is 0 Å². The molecule has 19 heteroatoms. The number of carbonyl (C=O) groups is 1. The Hall–Kier alpha value is -1.73. The second kappa shape index (κ2) is 64.1. The highest BCUT2D eigenvalue weighted by Crippen LogP contribution is 2.33. The van der Waals surface area contributed by atoms with Gasteiger partial charge in [-0.1, -0.05) is 353 Å². The molecule has 0 saturated carbocycles. The summed E-state index contributed by atoms with van der Waals surface area (Å²) in [5.41, 5.74) is 0. The van der Waals surface area contributed by atoms with Gasteiger partial charge in [0.05, 0.1) is 38.6 Å². The van der Waals surface area contributed by atoms with E-state index in [0.717, 1.165) is 38.5 Å². The summed E-state index contributed by atoms with van der Waals surface area (Å²) < 4.78 is 34.4. The number of allylic oxidation sites excluding steroid dienone is 3. The van der Waals surface area contributed by atoms with E-state index in [1.165, 1.54) is 295 Å². The summed E-state index contributed by atoms with van der Waals surface area (Å²) in [5, 5.41) is 121. The lowest BCUT2D eigenvalue weighted by atomic mass is 9.96. The Morgan fingerprint density at radius 2 is 0.627 bits per heavy atom. The van der Waals surface area contributed by atoms with Crippen LogP contribution in [0.5, 0.6) is 0 Å². The average molecular weight is 1460 g/mol. The second-order valence-electron chi connectivity index (χ2n) is 30.6. The molecule has 102 heavy (non-hydrogen) atoms. The van der Waals surface area contributed by atoms with Gasteiger partial charge in [0.25, 0.3) is 0 Å². The second-order valence-corrected chi connectivity index (χ2v) is 30.6. The summed E-state index contributed by atoms with van der Waals surface area (Å²) in [6.45, 7) is 1.77. The van der Waals surface area contributed by atoms with E-state index in [1.54, 1.807) is 6.08 Å². The molecule has 0 aromatic carbocycles. The molecule has 3 aliphatic rings. The first-order valence-electron chi connectivity index (χ1n) is 42.6. The number of carbonyl (C=O) groups excluding carboxylic acids is 1. The first-order chi connectivity index (χ1) is 49.8. The monoisotopic (exact) mass is 1460 g/mol. The molecule has 0 radical (unpaired) electrons. The largest absolute Gasteiger partial charge is 0.394 e. The van der Waals surface area contributed by atoms with E-state index in [4.69, 9.17) is 28.4 Å². The minimum atomic E-state index is -1.98. The van der Waals surface area contributed by atoms with E-state index in [9.17, 15) is 61.0 Å². The van der Waals surface area contributed by atoms with Crippen molar-refractivity contribution >= 4 is 5.91 Å². The molecular weight excluding hydrogens is 1300 g/mol. The zero-order valence-electron chi connectivity index (χ0n) is 64.6. The number of nitrogens with one attached hydrogen (secondary N) is 1. The SMILES string of the molecule is CCCCCCCCCCCCC/C=C/CC/C=C/C(O)C(COC1OC(CO)C(OC2OC(CO)C(OC3OC(CO)C(O)C(O)C3O)C(O)C2O)C(O)C1O)NC(=O)CCCCCCCCCCCCCCCCCCCCCCCCCCCCCCCCCCCCCCCCCC. The van der Waals surface area contributed by atoms with Gasteiger partial charge in [0.2, 0.25) is 5.91 Å². The molecule has 3 rings (SSSR count). The van der Waals surface area contributed by atoms with E-state index in [1.807, 2.05) is 6.08 Å². The number of unbranched alkanes of at least 4 members (excludes halogenated alkanes) is 51. The third-order valence-electron chi connectivity index (χ3n) is 21.5. The van der Waals surface area contributed by atoms with Gasteiger partial charge in [-0.3, -0.25) is 4.79 Å². The number of ether oxygens (including phenoxy) is 6. The van der Waals surface area contributed by atoms with Crippen LogP contribution in [0.3, 0.4) is 0 Å². The zero-order valence-corrected chi connectivity index (χ0v) is 64.6. The Balaban J connectivity index is 1.28. The molecule has 17 unspecified atom stereocenters. The fourth-order valence-electron chi connectivity index (χ4n) is 14.7. The average Bonchev–Trinajstić information content (AvgIpc) is 0.782. The van der Waals surface area contributed by atoms with Crippen LogP contribution in [0, 0.1) is 0 Å². The number of aliphatic hydroxyl groups excluding tert-OH is 11. The van der Waals surface area contributed by atoms with Crippen molar-refractivity contribution < 1.29 is 89.4 Å². The van der Waals surface area contributed by atoms with Gasteiger partial charge in [0.1, 0.15) is 73.2 Å². The van der Waals surface area contributed by atoms with Crippen molar-refractivity contribution in [3.05, 3.63) is 24.3 Å². The quantitative estimate of drug-likeness (QED) is 0.0199. The first kappa shape index (κ1) is 94.5. The number of hydrogen-bond donors (Lipinski definition) is 12. The van der Waals surface area contributed by atoms with Gasteiger partial charge in [-0.05, 0) is 32.1 Å². The Labute approximate surface area is 619 Å². The van der Waals surface area contributed by atoms with E-state index < -0.39 is 124 Å². The lowest BCUT2D eigenvalue weighted by Crippen LogP contribution is -2.66. The van der Waals surface area contributed by atoms with Crippen LogP contribution in [0.4, 0.5) is 0 Å². The van der Waals surface area contributed by atoms with Crippen LogP contribution in [0.2, 0.25) is 0 Å². The van der Waals surface area contributed by atoms with Gasteiger partial charge >= 0.3 is 0 Å². The van der Waals surface area contributed by atoms with Gasteiger partial charge < -0.3 is 89.9 Å². The molecule has 12 N–H and O–H groups in total. The van der Waals surface area contributed by atoms with Gasteiger partial charge in [0, 0.05) is 6.42 Å². The summed E-state index contributed by atoms with van der Waals surface area (Å²) in [7, 11) is 0. The molecule has 0 aliphatic carbocycles. The summed E-state index contributed by atoms with van der Waals surface area (Å²) in [6.07, 6.45) is 52.2. The summed E-state index contributed by atoms with van der Waals surface area (Å²) >= 11 is 0. The van der Waals surface area contributed by atoms with Crippen LogP contribution in [-0.2, 0) is 33.2 Å². The Bertz CT molecular complexity index is 1940.